The molecule has 1 aliphatic carbocycles. The molecule has 0 N–H and O–H groups in total. The van der Waals surface area contributed by atoms with Crippen LogP contribution in [0.2, 0.25) is 0 Å². The number of aryl methyl sites for hydroxylation is 1. The summed E-state index contributed by atoms with van der Waals surface area (Å²) < 4.78 is 1.97. The highest BCUT2D eigenvalue weighted by molar-refractivity contribution is 5.56. The number of fused-ring (bicyclic) bond motifs is 1. The zero-order valence-corrected chi connectivity index (χ0v) is 15.6. The number of allylic oxidation sites excluding steroid dienone is 2. The van der Waals surface area contributed by atoms with E-state index in [9.17, 15) is 0 Å². The summed E-state index contributed by atoms with van der Waals surface area (Å²) in [5.74, 6) is 0. The third-order valence-corrected chi connectivity index (χ3v) is 7.05. The number of benzene rings is 1. The van der Waals surface area contributed by atoms with Crippen LogP contribution in [0, 0.1) is 18.4 Å². The van der Waals surface area contributed by atoms with Crippen LogP contribution in [0.4, 0.5) is 0 Å². The van der Waals surface area contributed by atoms with Crippen LogP contribution >= 0.6 is 0 Å². The molecule has 0 bridgehead atoms. The van der Waals surface area contributed by atoms with Crippen molar-refractivity contribution in [3.63, 3.8) is 0 Å². The van der Waals surface area contributed by atoms with Crippen LogP contribution < -0.4 is 0 Å². The molecular formula is C22H29N. The molecule has 23 heavy (non-hydrogen) atoms. The second-order valence-electron chi connectivity index (χ2n) is 8.64. The van der Waals surface area contributed by atoms with Crippen molar-refractivity contribution in [2.24, 2.45) is 5.41 Å². The lowest BCUT2D eigenvalue weighted by atomic mass is 9.59. The summed E-state index contributed by atoms with van der Waals surface area (Å²) in [5, 5.41) is 0. The average Bonchev–Trinajstić information content (AvgIpc) is 2.56. The number of hydrogen-bond acceptors (Lipinski definition) is 0. The van der Waals surface area contributed by atoms with Crippen molar-refractivity contribution < 1.29 is 4.58 Å². The van der Waals surface area contributed by atoms with Gasteiger partial charge in [-0.05, 0) is 27.9 Å². The Balaban J connectivity index is 2.23. The molecule has 0 aromatic heterocycles. The molecule has 0 saturated carbocycles. The van der Waals surface area contributed by atoms with E-state index >= 15 is 0 Å². The fourth-order valence-corrected chi connectivity index (χ4v) is 4.19. The van der Waals surface area contributed by atoms with Crippen molar-refractivity contribution in [2.45, 2.75) is 59.3 Å². The fourth-order valence-electron chi connectivity index (χ4n) is 4.19. The lowest BCUT2D eigenvalue weighted by Gasteiger charge is -2.45. The molecule has 0 saturated heterocycles. The first-order valence-electron chi connectivity index (χ1n) is 8.49. The van der Waals surface area contributed by atoms with Crippen LogP contribution in [0.15, 0.2) is 36.6 Å². The van der Waals surface area contributed by atoms with Gasteiger partial charge in [-0.25, -0.2) is 0 Å². The van der Waals surface area contributed by atoms with Gasteiger partial charge in [0.2, 0.25) is 0 Å². The number of rotatable bonds is 1. The lowest BCUT2D eigenvalue weighted by Crippen LogP contribution is -2.42. The summed E-state index contributed by atoms with van der Waals surface area (Å²) in [6.07, 6.45) is 8.28. The largest absolute Gasteiger partial charge is 0.255 e. The highest BCUT2D eigenvalue weighted by Crippen LogP contribution is 2.61. The topological polar surface area (TPSA) is 3.01 Å². The Morgan fingerprint density at radius 1 is 0.913 bits per heavy atom. The van der Waals surface area contributed by atoms with Gasteiger partial charge >= 0.3 is 0 Å². The Labute approximate surface area is 141 Å². The van der Waals surface area contributed by atoms with Gasteiger partial charge in [0, 0.05) is 0 Å². The predicted molar refractivity (Wildman–Crippen MR) is 99.0 cm³/mol. The molecule has 1 aromatic carbocycles. The molecule has 1 heterocycles. The van der Waals surface area contributed by atoms with Gasteiger partial charge in [-0.3, -0.25) is 4.58 Å². The Bertz CT molecular complexity index is 741. The fraction of sp³-hybridized carbons (Fsp3) is 0.455. The van der Waals surface area contributed by atoms with E-state index in [-0.39, 0.29) is 16.2 Å². The molecule has 3 rings (SSSR count). The minimum absolute atomic E-state index is 0.134. The van der Waals surface area contributed by atoms with Crippen LogP contribution in [-0.4, -0.2) is 11.3 Å². The zero-order chi connectivity index (χ0) is 17.2. The summed E-state index contributed by atoms with van der Waals surface area (Å²) in [7, 11) is 0. The van der Waals surface area contributed by atoms with Gasteiger partial charge in [0.15, 0.2) is 0 Å². The van der Waals surface area contributed by atoms with Gasteiger partial charge in [0.05, 0.1) is 6.72 Å². The van der Waals surface area contributed by atoms with Crippen molar-refractivity contribution in [1.82, 2.24) is 0 Å². The molecule has 1 heteroatoms. The number of nitrogens with zero attached hydrogens (tertiary/aromatic N) is 1. The first-order chi connectivity index (χ1) is 10.5. The van der Waals surface area contributed by atoms with E-state index in [1.165, 1.54) is 28.3 Å². The van der Waals surface area contributed by atoms with E-state index < -0.39 is 0 Å². The van der Waals surface area contributed by atoms with Crippen molar-refractivity contribution in [2.75, 3.05) is 0 Å². The SMILES string of the molecule is C=[N+]1C=CC=C[C-]1c1cc2c(cc1C)C(C)(C)C(C)(C)C2(C)C. The molecule has 0 fully saturated rings. The van der Waals surface area contributed by atoms with Crippen LogP contribution in [0.5, 0.6) is 0 Å². The second-order valence-corrected chi connectivity index (χ2v) is 8.64. The second kappa shape index (κ2) is 4.63. The van der Waals surface area contributed by atoms with Crippen LogP contribution in [0.25, 0.3) is 0 Å². The predicted octanol–water partition coefficient (Wildman–Crippen LogP) is 5.27. The Morgan fingerprint density at radius 3 is 2.04 bits per heavy atom. The molecular weight excluding hydrogens is 278 g/mol. The van der Waals surface area contributed by atoms with Crippen molar-refractivity contribution in [3.8, 4) is 0 Å². The Hall–Kier alpha value is -1.76. The minimum atomic E-state index is 0.134. The normalized spacial score (nSPS) is 23.3. The number of hydrogen-bond donors (Lipinski definition) is 0. The van der Waals surface area contributed by atoms with E-state index in [4.69, 9.17) is 0 Å². The van der Waals surface area contributed by atoms with Crippen molar-refractivity contribution in [3.05, 3.63) is 64.9 Å². The highest BCUT2D eigenvalue weighted by Gasteiger charge is 2.56. The van der Waals surface area contributed by atoms with E-state index in [0.29, 0.717) is 0 Å². The summed E-state index contributed by atoms with van der Waals surface area (Å²) in [6.45, 7) is 20.7. The van der Waals surface area contributed by atoms with Crippen LogP contribution in [0.3, 0.4) is 0 Å². The van der Waals surface area contributed by atoms with Crippen molar-refractivity contribution in [1.29, 1.82) is 0 Å². The maximum atomic E-state index is 4.14. The first-order valence-corrected chi connectivity index (χ1v) is 8.49. The van der Waals surface area contributed by atoms with E-state index in [1.54, 1.807) is 0 Å². The summed E-state index contributed by atoms with van der Waals surface area (Å²) >= 11 is 0. The molecule has 0 atom stereocenters. The summed E-state index contributed by atoms with van der Waals surface area (Å²) in [5.41, 5.74) is 6.10. The molecule has 1 aromatic rings. The smallest absolute Gasteiger partial charge is 0.147 e. The first kappa shape index (κ1) is 16.1. The van der Waals surface area contributed by atoms with Gasteiger partial charge < -0.3 is 0 Å². The maximum absolute atomic E-state index is 4.14. The van der Waals surface area contributed by atoms with Gasteiger partial charge in [-0.1, -0.05) is 83.4 Å². The third kappa shape index (κ3) is 1.92. The van der Waals surface area contributed by atoms with Crippen LogP contribution in [0.1, 0.15) is 63.8 Å². The monoisotopic (exact) mass is 307 g/mol. The Morgan fingerprint density at radius 2 is 1.48 bits per heavy atom. The Kier molecular flexibility index (Phi) is 3.24. The van der Waals surface area contributed by atoms with Gasteiger partial charge in [0.1, 0.15) is 12.2 Å². The summed E-state index contributed by atoms with van der Waals surface area (Å²) in [6, 6.07) is 6.00. The summed E-state index contributed by atoms with van der Waals surface area (Å²) in [4.78, 5) is 0. The highest BCUT2D eigenvalue weighted by atomic mass is 15.0. The average molecular weight is 307 g/mol. The van der Waals surface area contributed by atoms with Crippen LogP contribution in [-0.2, 0) is 10.8 Å². The third-order valence-electron chi connectivity index (χ3n) is 7.05. The molecule has 2 aliphatic rings. The maximum Gasteiger partial charge on any atom is 0.147 e. The molecule has 0 amide bonds. The molecule has 0 radical (unpaired) electrons. The standard InChI is InChI=1S/C22H29N/c1-15-13-17-18(21(4,5)22(6,7)20(17,2)3)14-16(15)19-11-9-10-12-23(19)8/h9-14H,8H2,1-7H3. The molecule has 122 valence electrons. The minimum Gasteiger partial charge on any atom is -0.255 e. The zero-order valence-electron chi connectivity index (χ0n) is 15.6. The lowest BCUT2D eigenvalue weighted by molar-refractivity contribution is -0.417. The van der Waals surface area contributed by atoms with Gasteiger partial charge in [-0.15, -0.1) is 6.08 Å². The van der Waals surface area contributed by atoms with E-state index in [0.717, 1.165) is 0 Å². The quantitative estimate of drug-likeness (QED) is 0.491. The molecule has 0 unspecified atom stereocenters. The van der Waals surface area contributed by atoms with E-state index in [1.807, 2.05) is 16.9 Å². The van der Waals surface area contributed by atoms with Crippen molar-refractivity contribution >= 4 is 6.72 Å². The molecule has 0 spiro atoms. The van der Waals surface area contributed by atoms with Gasteiger partial charge in [-0.2, -0.15) is 0 Å². The van der Waals surface area contributed by atoms with E-state index in [2.05, 4.69) is 79.5 Å². The molecule has 1 aliphatic heterocycles. The van der Waals surface area contributed by atoms with Gasteiger partial charge in [0.25, 0.3) is 0 Å². The molecule has 1 nitrogen and oxygen atoms in total.